The number of aromatic nitrogens is 1. The number of hydrogen-bond donors (Lipinski definition) is 3. The largest absolute Gasteiger partial charge is 0.494 e. The molecular weight excluding hydrogens is 476 g/mol. The third kappa shape index (κ3) is 4.90. The number of aryl methyl sites for hydroxylation is 1. The first-order valence-corrected chi connectivity index (χ1v) is 11.5. The molecule has 4 aromatic rings. The maximum Gasteiger partial charge on any atom is 0.328 e. The molecule has 0 radical (unpaired) electrons. The van der Waals surface area contributed by atoms with E-state index in [0.717, 1.165) is 11.1 Å². The molecule has 10 heteroatoms. The molecule has 3 amide bonds. The van der Waals surface area contributed by atoms with E-state index in [1.165, 1.54) is 11.8 Å². The Morgan fingerprint density at radius 1 is 0.946 bits per heavy atom. The van der Waals surface area contributed by atoms with Gasteiger partial charge < -0.3 is 24.8 Å². The normalized spacial score (nSPS) is 11.7. The number of hydrogen-bond acceptors (Lipinski definition) is 6. The predicted molar refractivity (Wildman–Crippen MR) is 136 cm³/mol. The molecule has 0 aliphatic carbocycles. The van der Waals surface area contributed by atoms with Gasteiger partial charge in [-0.15, -0.1) is 0 Å². The van der Waals surface area contributed by atoms with E-state index in [1.54, 1.807) is 54.6 Å². The molecule has 0 bridgehead atoms. The summed E-state index contributed by atoms with van der Waals surface area (Å²) in [6.45, 7) is 2.18. The van der Waals surface area contributed by atoms with Crippen LogP contribution in [0.25, 0.3) is 10.9 Å². The molecule has 0 fully saturated rings. The highest BCUT2D eigenvalue weighted by molar-refractivity contribution is 6.38. The van der Waals surface area contributed by atoms with Crippen molar-refractivity contribution in [2.24, 2.45) is 0 Å². The van der Waals surface area contributed by atoms with Crippen molar-refractivity contribution in [1.29, 1.82) is 0 Å². The van der Waals surface area contributed by atoms with Crippen LogP contribution < -0.4 is 30.3 Å². The second kappa shape index (κ2) is 9.94. The summed E-state index contributed by atoms with van der Waals surface area (Å²) in [6, 6.07) is 19.4. The van der Waals surface area contributed by atoms with Crippen LogP contribution in [0.3, 0.4) is 0 Å². The van der Waals surface area contributed by atoms with Gasteiger partial charge in [0.05, 0.1) is 7.11 Å². The molecule has 1 aliphatic heterocycles. The van der Waals surface area contributed by atoms with E-state index in [-0.39, 0.29) is 19.0 Å². The zero-order valence-electron chi connectivity index (χ0n) is 20.2. The standard InChI is InChI=1S/C27H24N4O6/c1-16-6-9-19(10-7-16)29-25(32)20-13-18-4-3-5-22(35-2)24(18)31(20)30-27(34)26(33)28-14-17-8-11-21-23(12-17)37-15-36-21/h3-13H,14-15H2,1-2H3,(H,28,33)(H,29,32)(H,30,34). The predicted octanol–water partition coefficient (Wildman–Crippen LogP) is 3.33. The molecule has 3 N–H and O–H groups in total. The fourth-order valence-electron chi connectivity index (χ4n) is 3.97. The van der Waals surface area contributed by atoms with Crippen LogP contribution in [-0.2, 0) is 16.1 Å². The van der Waals surface area contributed by atoms with Crippen LogP contribution in [-0.4, -0.2) is 36.3 Å². The van der Waals surface area contributed by atoms with Gasteiger partial charge in [-0.1, -0.05) is 35.9 Å². The van der Waals surface area contributed by atoms with Crippen LogP contribution in [0.2, 0.25) is 0 Å². The maximum absolute atomic E-state index is 13.2. The first-order chi connectivity index (χ1) is 17.9. The number of nitrogens with zero attached hydrogens (tertiary/aromatic N) is 1. The molecule has 5 rings (SSSR count). The van der Waals surface area contributed by atoms with Gasteiger partial charge in [-0.05, 0) is 48.9 Å². The lowest BCUT2D eigenvalue weighted by Gasteiger charge is -2.14. The molecule has 10 nitrogen and oxygen atoms in total. The number of benzene rings is 3. The van der Waals surface area contributed by atoms with Gasteiger partial charge in [0.15, 0.2) is 11.5 Å². The number of amides is 3. The van der Waals surface area contributed by atoms with Crippen LogP contribution in [0.4, 0.5) is 5.69 Å². The van der Waals surface area contributed by atoms with Crippen molar-refractivity contribution in [2.45, 2.75) is 13.5 Å². The minimum Gasteiger partial charge on any atom is -0.494 e. The topological polar surface area (TPSA) is 120 Å². The van der Waals surface area contributed by atoms with Crippen molar-refractivity contribution in [2.75, 3.05) is 24.6 Å². The van der Waals surface area contributed by atoms with Gasteiger partial charge in [0.1, 0.15) is 17.0 Å². The van der Waals surface area contributed by atoms with Crippen molar-refractivity contribution in [3.05, 3.63) is 83.6 Å². The molecule has 0 spiro atoms. The van der Waals surface area contributed by atoms with Crippen LogP contribution in [0.15, 0.2) is 66.7 Å². The van der Waals surface area contributed by atoms with Crippen LogP contribution in [0.1, 0.15) is 21.6 Å². The van der Waals surface area contributed by atoms with E-state index < -0.39 is 17.7 Å². The number of para-hydroxylation sites is 1. The summed E-state index contributed by atoms with van der Waals surface area (Å²) in [5, 5.41) is 6.05. The van der Waals surface area contributed by atoms with Crippen LogP contribution >= 0.6 is 0 Å². The number of methoxy groups -OCH3 is 1. The van der Waals surface area contributed by atoms with Crippen molar-refractivity contribution in [1.82, 2.24) is 9.99 Å². The maximum atomic E-state index is 13.2. The summed E-state index contributed by atoms with van der Waals surface area (Å²) in [5.41, 5.74) is 5.48. The summed E-state index contributed by atoms with van der Waals surface area (Å²) in [7, 11) is 1.48. The Balaban J connectivity index is 1.37. The Labute approximate surface area is 212 Å². The second-order valence-corrected chi connectivity index (χ2v) is 8.39. The summed E-state index contributed by atoms with van der Waals surface area (Å²) in [5.74, 6) is -0.673. The fraction of sp³-hybridized carbons (Fsp3) is 0.148. The van der Waals surface area contributed by atoms with Crippen molar-refractivity contribution < 1.29 is 28.6 Å². The molecule has 37 heavy (non-hydrogen) atoms. The molecule has 3 aromatic carbocycles. The van der Waals surface area contributed by atoms with Gasteiger partial charge >= 0.3 is 11.8 Å². The van der Waals surface area contributed by atoms with Gasteiger partial charge in [-0.25, -0.2) is 4.68 Å². The Morgan fingerprint density at radius 3 is 2.51 bits per heavy atom. The molecule has 0 unspecified atom stereocenters. The Hall–Kier alpha value is -4.99. The van der Waals surface area contributed by atoms with E-state index in [4.69, 9.17) is 14.2 Å². The van der Waals surface area contributed by atoms with Gasteiger partial charge in [-0.2, -0.15) is 0 Å². The Morgan fingerprint density at radius 2 is 1.73 bits per heavy atom. The molecular formula is C27H24N4O6. The lowest BCUT2D eigenvalue weighted by molar-refractivity contribution is -0.136. The highest BCUT2D eigenvalue weighted by Gasteiger charge is 2.23. The smallest absolute Gasteiger partial charge is 0.328 e. The molecule has 2 heterocycles. The summed E-state index contributed by atoms with van der Waals surface area (Å²) >= 11 is 0. The molecule has 1 aliphatic rings. The highest BCUT2D eigenvalue weighted by atomic mass is 16.7. The van der Waals surface area contributed by atoms with Crippen molar-refractivity contribution in [3.8, 4) is 17.2 Å². The Bertz CT molecular complexity index is 1510. The number of rotatable bonds is 6. The average Bonchev–Trinajstić information content (AvgIpc) is 3.53. The molecule has 0 atom stereocenters. The fourth-order valence-corrected chi connectivity index (χ4v) is 3.97. The van der Waals surface area contributed by atoms with E-state index in [9.17, 15) is 14.4 Å². The third-order valence-corrected chi connectivity index (χ3v) is 5.86. The summed E-state index contributed by atoms with van der Waals surface area (Å²) in [4.78, 5) is 38.7. The minimum atomic E-state index is -0.950. The van der Waals surface area contributed by atoms with Crippen molar-refractivity contribution >= 4 is 34.3 Å². The molecule has 188 valence electrons. The number of anilines is 1. The highest BCUT2D eigenvalue weighted by Crippen LogP contribution is 2.32. The van der Waals surface area contributed by atoms with Gasteiger partial charge in [0, 0.05) is 17.6 Å². The zero-order valence-corrected chi connectivity index (χ0v) is 20.2. The quantitative estimate of drug-likeness (QED) is 0.350. The average molecular weight is 501 g/mol. The van der Waals surface area contributed by atoms with Crippen molar-refractivity contribution in [3.63, 3.8) is 0 Å². The molecule has 1 aromatic heterocycles. The Kier molecular flexibility index (Phi) is 6.38. The number of fused-ring (bicyclic) bond motifs is 2. The lowest BCUT2D eigenvalue weighted by Crippen LogP contribution is -2.39. The molecule has 0 saturated carbocycles. The number of ether oxygens (including phenoxy) is 3. The first-order valence-electron chi connectivity index (χ1n) is 11.5. The molecule has 0 saturated heterocycles. The first kappa shape index (κ1) is 23.7. The van der Waals surface area contributed by atoms with Crippen LogP contribution in [0.5, 0.6) is 17.2 Å². The number of nitrogens with one attached hydrogen (secondary N) is 3. The second-order valence-electron chi connectivity index (χ2n) is 8.39. The van der Waals surface area contributed by atoms with E-state index in [1.807, 2.05) is 19.1 Å². The summed E-state index contributed by atoms with van der Waals surface area (Å²) in [6.07, 6.45) is 0. The SMILES string of the molecule is COc1cccc2cc(C(=O)Nc3ccc(C)cc3)n(NC(=O)C(=O)NCc3ccc4c(c3)OCO4)c12. The van der Waals surface area contributed by atoms with E-state index in [0.29, 0.717) is 33.8 Å². The number of carbonyl (C=O) groups is 3. The third-order valence-electron chi connectivity index (χ3n) is 5.86. The minimum absolute atomic E-state index is 0.0966. The zero-order chi connectivity index (χ0) is 25.9. The van der Waals surface area contributed by atoms with Gasteiger partial charge in [-0.3, -0.25) is 19.8 Å². The van der Waals surface area contributed by atoms with Gasteiger partial charge in [0.2, 0.25) is 6.79 Å². The lowest BCUT2D eigenvalue weighted by atomic mass is 10.2. The number of carbonyl (C=O) groups excluding carboxylic acids is 3. The van der Waals surface area contributed by atoms with Gasteiger partial charge in [0.25, 0.3) is 5.91 Å². The van der Waals surface area contributed by atoms with E-state index >= 15 is 0 Å². The van der Waals surface area contributed by atoms with E-state index in [2.05, 4.69) is 16.1 Å². The summed E-state index contributed by atoms with van der Waals surface area (Å²) < 4.78 is 17.3. The van der Waals surface area contributed by atoms with Crippen LogP contribution in [0, 0.1) is 6.92 Å². The monoisotopic (exact) mass is 500 g/mol.